The summed E-state index contributed by atoms with van der Waals surface area (Å²) < 4.78 is 21.7. The Morgan fingerprint density at radius 2 is 1.32 bits per heavy atom. The summed E-state index contributed by atoms with van der Waals surface area (Å²) in [6.45, 7) is -3.11. The number of nitrogens with two attached hydrogens (primary N) is 2. The Kier molecular flexibility index (Phi) is 11.4. The second-order valence-corrected chi connectivity index (χ2v) is 8.28. The fourth-order valence-electron chi connectivity index (χ4n) is 3.73. The molecule has 0 radical (unpaired) electrons. The lowest BCUT2D eigenvalue weighted by Gasteiger charge is -2.47. The molecule has 0 aromatic carbocycles. The molecule has 16 heteroatoms. The molecule has 202 valence electrons. The second kappa shape index (κ2) is 13.1. The van der Waals surface area contributed by atoms with Crippen LogP contribution in [0.3, 0.4) is 0 Å². The molecular weight excluding hydrogens is 468 g/mol. The molecule has 0 amide bonds. The molecule has 0 spiro atoms. The van der Waals surface area contributed by atoms with E-state index < -0.39 is 112 Å². The summed E-state index contributed by atoms with van der Waals surface area (Å²) in [5, 5.41) is 98.7. The number of rotatable bonds is 11. The minimum absolute atomic E-state index is 0.708. The van der Waals surface area contributed by atoms with E-state index in [2.05, 4.69) is 0 Å². The van der Waals surface area contributed by atoms with Crippen molar-refractivity contribution in [2.75, 3.05) is 26.4 Å². The summed E-state index contributed by atoms with van der Waals surface area (Å²) in [5.74, 6) is 0. The van der Waals surface area contributed by atoms with Crippen LogP contribution >= 0.6 is 0 Å². The van der Waals surface area contributed by atoms with Gasteiger partial charge in [-0.25, -0.2) is 0 Å². The Balaban J connectivity index is 2.24. The van der Waals surface area contributed by atoms with Crippen LogP contribution in [0, 0.1) is 0 Å². The predicted molar refractivity (Wildman–Crippen MR) is 107 cm³/mol. The first kappa shape index (κ1) is 29.6. The Morgan fingerprint density at radius 3 is 1.85 bits per heavy atom. The van der Waals surface area contributed by atoms with Gasteiger partial charge in [-0.3, -0.25) is 0 Å². The van der Waals surface area contributed by atoms with Crippen molar-refractivity contribution >= 4 is 0 Å². The first-order chi connectivity index (χ1) is 16.0. The van der Waals surface area contributed by atoms with Crippen molar-refractivity contribution in [2.45, 2.75) is 85.7 Å². The van der Waals surface area contributed by atoms with Crippen molar-refractivity contribution in [1.82, 2.24) is 0 Å². The molecule has 0 saturated carbocycles. The topological polar surface area (TPSA) is 291 Å². The van der Waals surface area contributed by atoms with Gasteiger partial charge in [0.25, 0.3) is 0 Å². The van der Waals surface area contributed by atoms with Gasteiger partial charge >= 0.3 is 0 Å². The highest BCUT2D eigenvalue weighted by Gasteiger charge is 2.51. The Hall–Kier alpha value is -0.640. The van der Waals surface area contributed by atoms with E-state index in [1.54, 1.807) is 0 Å². The maximum absolute atomic E-state index is 10.8. The van der Waals surface area contributed by atoms with E-state index in [1.807, 2.05) is 0 Å². The normalized spacial score (nSPS) is 42.7. The number of aliphatic hydroxyl groups excluding tert-OH is 10. The standard InChI is InChI=1S/C18H36N2O14/c19-5(1-21)15(10(26)6(25)2-22)33-18-14(30)16(12(28)8(4-24)32-18)34-17-9(20)13(29)11(27)7(3-23)31-17/h5-18,21-30H,1-4,19-20H2/t5-,6+,7+,8+,9+,10+,11-,12-,13+,14+,15+,16-,17+,18-/m0/s1. The average molecular weight is 504 g/mol. The van der Waals surface area contributed by atoms with Crippen LogP contribution in [0.15, 0.2) is 0 Å². The maximum Gasteiger partial charge on any atom is 0.187 e. The first-order valence-corrected chi connectivity index (χ1v) is 10.7. The minimum atomic E-state index is -1.86. The summed E-state index contributed by atoms with van der Waals surface area (Å²) >= 11 is 0. The smallest absolute Gasteiger partial charge is 0.187 e. The molecule has 2 fully saturated rings. The largest absolute Gasteiger partial charge is 0.395 e. The van der Waals surface area contributed by atoms with Gasteiger partial charge in [-0.05, 0) is 0 Å². The summed E-state index contributed by atoms with van der Waals surface area (Å²) in [4.78, 5) is 0. The molecule has 2 aliphatic rings. The third kappa shape index (κ3) is 6.37. The molecule has 0 aromatic heterocycles. The Morgan fingerprint density at radius 1 is 0.765 bits per heavy atom. The zero-order valence-electron chi connectivity index (χ0n) is 18.2. The number of ether oxygens (including phenoxy) is 4. The number of hydrogen-bond acceptors (Lipinski definition) is 16. The summed E-state index contributed by atoms with van der Waals surface area (Å²) in [7, 11) is 0. The summed E-state index contributed by atoms with van der Waals surface area (Å²) in [6, 6.07) is -2.69. The number of aliphatic hydroxyl groups is 10. The van der Waals surface area contributed by atoms with Crippen molar-refractivity contribution in [2.24, 2.45) is 11.5 Å². The van der Waals surface area contributed by atoms with Crippen LogP contribution in [-0.2, 0) is 18.9 Å². The SMILES string of the molecule is N[C@H]1[C@@H](O[C@H]2[C@@H](O)[C@@H](CO)O[C@@H](O[C@@H]([C@H](O)[C@H](O)CO)[C@@H](N)CO)[C@@H]2O)O[C@H](CO)[C@H](O)[C@@H]1O. The van der Waals surface area contributed by atoms with Crippen molar-refractivity contribution in [3.8, 4) is 0 Å². The van der Waals surface area contributed by atoms with E-state index in [9.17, 15) is 46.0 Å². The fraction of sp³-hybridized carbons (Fsp3) is 1.00. The van der Waals surface area contributed by atoms with Crippen LogP contribution in [0.1, 0.15) is 0 Å². The van der Waals surface area contributed by atoms with Crippen LogP contribution in [0.25, 0.3) is 0 Å². The van der Waals surface area contributed by atoms with Crippen LogP contribution in [0.2, 0.25) is 0 Å². The predicted octanol–water partition coefficient (Wildman–Crippen LogP) is -8.00. The lowest BCUT2D eigenvalue weighted by atomic mass is 9.96. The molecule has 2 saturated heterocycles. The van der Waals surface area contributed by atoms with Crippen molar-refractivity contribution in [3.05, 3.63) is 0 Å². The molecule has 0 aromatic rings. The third-order valence-corrected chi connectivity index (χ3v) is 5.88. The molecule has 0 aliphatic carbocycles. The van der Waals surface area contributed by atoms with Crippen LogP contribution in [0.5, 0.6) is 0 Å². The zero-order chi connectivity index (χ0) is 25.7. The quantitative estimate of drug-likeness (QED) is 0.124. The van der Waals surface area contributed by atoms with E-state index in [1.165, 1.54) is 0 Å². The van der Waals surface area contributed by atoms with Gasteiger partial charge in [-0.15, -0.1) is 0 Å². The molecule has 2 rings (SSSR count). The zero-order valence-corrected chi connectivity index (χ0v) is 18.2. The van der Waals surface area contributed by atoms with E-state index in [0.717, 1.165) is 0 Å². The third-order valence-electron chi connectivity index (χ3n) is 5.88. The first-order valence-electron chi connectivity index (χ1n) is 10.7. The van der Waals surface area contributed by atoms with Crippen molar-refractivity contribution < 1.29 is 70.0 Å². The summed E-state index contributed by atoms with van der Waals surface area (Å²) in [6.07, 6.45) is -19.5. The molecule has 0 bridgehead atoms. The molecule has 14 N–H and O–H groups in total. The van der Waals surface area contributed by atoms with Crippen molar-refractivity contribution in [1.29, 1.82) is 0 Å². The molecule has 16 nitrogen and oxygen atoms in total. The lowest BCUT2D eigenvalue weighted by molar-refractivity contribution is -0.355. The Labute approximate surface area is 194 Å². The van der Waals surface area contributed by atoms with Gasteiger partial charge in [0.2, 0.25) is 0 Å². The van der Waals surface area contributed by atoms with Gasteiger partial charge < -0.3 is 81.5 Å². The molecule has 14 atom stereocenters. The van der Waals surface area contributed by atoms with E-state index in [-0.39, 0.29) is 0 Å². The highest BCUT2D eigenvalue weighted by Crippen LogP contribution is 2.30. The monoisotopic (exact) mass is 504 g/mol. The maximum atomic E-state index is 10.8. The van der Waals surface area contributed by atoms with Gasteiger partial charge in [-0.2, -0.15) is 0 Å². The second-order valence-electron chi connectivity index (χ2n) is 8.28. The van der Waals surface area contributed by atoms with Gasteiger partial charge in [0, 0.05) is 0 Å². The van der Waals surface area contributed by atoms with Crippen molar-refractivity contribution in [3.63, 3.8) is 0 Å². The minimum Gasteiger partial charge on any atom is -0.395 e. The van der Waals surface area contributed by atoms with Crippen LogP contribution in [0.4, 0.5) is 0 Å². The average Bonchev–Trinajstić information content (AvgIpc) is 2.84. The van der Waals surface area contributed by atoms with E-state index in [0.29, 0.717) is 0 Å². The van der Waals surface area contributed by atoms with Gasteiger partial charge in [0.05, 0.1) is 38.5 Å². The molecular formula is C18H36N2O14. The Bertz CT molecular complexity index is 605. The molecule has 0 unspecified atom stereocenters. The van der Waals surface area contributed by atoms with E-state index >= 15 is 0 Å². The fourth-order valence-corrected chi connectivity index (χ4v) is 3.73. The van der Waals surface area contributed by atoms with Gasteiger partial charge in [-0.1, -0.05) is 0 Å². The highest BCUT2D eigenvalue weighted by atomic mass is 16.7. The molecule has 34 heavy (non-hydrogen) atoms. The lowest BCUT2D eigenvalue weighted by Crippen LogP contribution is -2.67. The number of hydrogen-bond donors (Lipinski definition) is 12. The van der Waals surface area contributed by atoms with E-state index in [4.69, 9.17) is 35.5 Å². The highest BCUT2D eigenvalue weighted by molar-refractivity contribution is 4.96. The van der Waals surface area contributed by atoms with Crippen LogP contribution in [-0.4, -0.2) is 163 Å². The van der Waals surface area contributed by atoms with Gasteiger partial charge in [0.15, 0.2) is 12.6 Å². The van der Waals surface area contributed by atoms with Crippen LogP contribution < -0.4 is 11.5 Å². The van der Waals surface area contributed by atoms with Gasteiger partial charge in [0.1, 0.15) is 61.0 Å². The summed E-state index contributed by atoms with van der Waals surface area (Å²) in [5.41, 5.74) is 11.5. The molecule has 2 aliphatic heterocycles. The molecule has 2 heterocycles.